The minimum Gasteiger partial charge on any atom is -0.508 e. The molecular formula is C29H29N8O2PS. The minimum absolute atomic E-state index is 0.149. The van der Waals surface area contributed by atoms with Crippen LogP contribution in [0.3, 0.4) is 0 Å². The van der Waals surface area contributed by atoms with Gasteiger partial charge in [-0.25, -0.2) is 19.6 Å². The average molecular weight is 585 g/mol. The van der Waals surface area contributed by atoms with Gasteiger partial charge in [-0.1, -0.05) is 6.07 Å². The highest BCUT2D eigenvalue weighted by Crippen LogP contribution is 2.38. The van der Waals surface area contributed by atoms with Gasteiger partial charge in [-0.15, -0.1) is 20.6 Å². The Balaban J connectivity index is 1.36. The van der Waals surface area contributed by atoms with Gasteiger partial charge in [0.25, 0.3) is 0 Å². The van der Waals surface area contributed by atoms with Crippen molar-refractivity contribution in [2.45, 2.75) is 19.5 Å². The predicted molar refractivity (Wildman–Crippen MR) is 165 cm³/mol. The second-order valence-electron chi connectivity index (χ2n) is 10.2. The predicted octanol–water partition coefficient (Wildman–Crippen LogP) is 4.10. The summed E-state index contributed by atoms with van der Waals surface area (Å²) in [6.45, 7) is 6.28. The number of ether oxygens (including phenoxy) is 1. The highest BCUT2D eigenvalue weighted by molar-refractivity contribution is 7.27. The van der Waals surface area contributed by atoms with Gasteiger partial charge in [-0.05, 0) is 48.6 Å². The third-order valence-corrected chi connectivity index (χ3v) is 8.68. The standard InChI is InChI=1S/C29H29N8O2PS/c1-17(37-29-25(28(30)31-16-32-29)26(34-37)18-10-20(38)13-21(40)11-18)22-12-19-4-2-3-5-36(19)27(22)23-15-41-24(33-23)14-35-6-8-39-9-7-35/h2-5,10-13,15-17,38H,6-9,14,40H2,1H3,(H2,30,31,32). The molecule has 0 saturated carbocycles. The summed E-state index contributed by atoms with van der Waals surface area (Å²) in [5.41, 5.74) is 12.5. The smallest absolute Gasteiger partial charge is 0.164 e. The third-order valence-electron chi connectivity index (χ3n) is 7.51. The molecule has 6 heterocycles. The summed E-state index contributed by atoms with van der Waals surface area (Å²) in [7, 11) is 2.62. The minimum atomic E-state index is -0.215. The van der Waals surface area contributed by atoms with Crippen molar-refractivity contribution >= 4 is 48.2 Å². The Morgan fingerprint density at radius 2 is 2.00 bits per heavy atom. The first-order valence-electron chi connectivity index (χ1n) is 13.4. The van der Waals surface area contributed by atoms with Gasteiger partial charge in [-0.3, -0.25) is 4.90 Å². The molecule has 2 atom stereocenters. The molecule has 0 aliphatic carbocycles. The molecule has 0 bridgehead atoms. The van der Waals surface area contributed by atoms with Crippen LogP contribution in [0, 0.1) is 0 Å². The van der Waals surface area contributed by atoms with E-state index in [-0.39, 0.29) is 11.8 Å². The summed E-state index contributed by atoms with van der Waals surface area (Å²) in [6.07, 6.45) is 3.53. The van der Waals surface area contributed by atoms with E-state index >= 15 is 0 Å². The molecule has 0 amide bonds. The number of phenolic OH excluding ortho intramolecular Hbond substituents is 1. The van der Waals surface area contributed by atoms with Crippen molar-refractivity contribution in [3.8, 4) is 28.4 Å². The van der Waals surface area contributed by atoms with Crippen LogP contribution >= 0.6 is 20.6 Å². The average Bonchev–Trinajstić information content (AvgIpc) is 3.68. The summed E-state index contributed by atoms with van der Waals surface area (Å²) in [6, 6.07) is 13.4. The molecule has 0 radical (unpaired) electrons. The van der Waals surface area contributed by atoms with E-state index in [2.05, 4.69) is 59.1 Å². The Kier molecular flexibility index (Phi) is 6.67. The number of phenols is 1. The molecule has 1 aliphatic rings. The number of morpholine rings is 1. The Labute approximate surface area is 242 Å². The molecule has 1 saturated heterocycles. The topological polar surface area (TPSA) is 120 Å². The zero-order valence-corrected chi connectivity index (χ0v) is 24.4. The maximum Gasteiger partial charge on any atom is 0.164 e. The molecule has 12 heteroatoms. The van der Waals surface area contributed by atoms with Crippen LogP contribution in [0.15, 0.2) is 60.4 Å². The Morgan fingerprint density at radius 3 is 2.83 bits per heavy atom. The zero-order valence-electron chi connectivity index (χ0n) is 22.4. The summed E-state index contributed by atoms with van der Waals surface area (Å²) in [5, 5.41) is 20.1. The van der Waals surface area contributed by atoms with E-state index in [0.717, 1.165) is 71.2 Å². The number of pyridine rings is 1. The van der Waals surface area contributed by atoms with Gasteiger partial charge in [0.2, 0.25) is 0 Å². The molecule has 41 heavy (non-hydrogen) atoms. The van der Waals surface area contributed by atoms with Crippen molar-refractivity contribution in [2.24, 2.45) is 0 Å². The number of benzene rings is 1. The van der Waals surface area contributed by atoms with Crippen LogP contribution in [-0.4, -0.2) is 65.4 Å². The maximum atomic E-state index is 10.3. The summed E-state index contributed by atoms with van der Waals surface area (Å²) in [5.74, 6) is 0.489. The van der Waals surface area contributed by atoms with E-state index in [0.29, 0.717) is 22.5 Å². The summed E-state index contributed by atoms with van der Waals surface area (Å²) < 4.78 is 9.60. The van der Waals surface area contributed by atoms with Crippen molar-refractivity contribution in [1.29, 1.82) is 0 Å². The van der Waals surface area contributed by atoms with Gasteiger partial charge in [0, 0.05) is 41.3 Å². The van der Waals surface area contributed by atoms with E-state index in [9.17, 15) is 5.11 Å². The van der Waals surface area contributed by atoms with Gasteiger partial charge in [0.15, 0.2) is 5.65 Å². The largest absolute Gasteiger partial charge is 0.508 e. The van der Waals surface area contributed by atoms with E-state index in [4.69, 9.17) is 20.6 Å². The fourth-order valence-corrected chi connectivity index (χ4v) is 6.72. The van der Waals surface area contributed by atoms with Crippen molar-refractivity contribution in [3.05, 3.63) is 70.9 Å². The van der Waals surface area contributed by atoms with E-state index < -0.39 is 0 Å². The Morgan fingerprint density at radius 1 is 1.15 bits per heavy atom. The highest BCUT2D eigenvalue weighted by Gasteiger charge is 2.26. The number of rotatable bonds is 6. The number of nitrogens with zero attached hydrogens (tertiary/aromatic N) is 7. The lowest BCUT2D eigenvalue weighted by Crippen LogP contribution is -2.35. The number of hydrogen-bond donors (Lipinski definition) is 2. The van der Waals surface area contributed by atoms with Crippen LogP contribution in [0.25, 0.3) is 39.2 Å². The molecule has 3 N–H and O–H groups in total. The van der Waals surface area contributed by atoms with Crippen LogP contribution in [0.4, 0.5) is 5.82 Å². The molecular weight excluding hydrogens is 555 g/mol. The van der Waals surface area contributed by atoms with Crippen LogP contribution < -0.4 is 11.0 Å². The fraction of sp³-hybridized carbons (Fsp3) is 0.241. The van der Waals surface area contributed by atoms with Gasteiger partial charge in [0.05, 0.1) is 42.6 Å². The molecule has 7 rings (SSSR count). The van der Waals surface area contributed by atoms with E-state index in [1.54, 1.807) is 23.5 Å². The second-order valence-corrected chi connectivity index (χ2v) is 11.8. The van der Waals surface area contributed by atoms with Gasteiger partial charge >= 0.3 is 0 Å². The first-order valence-corrected chi connectivity index (χ1v) is 14.9. The number of hydrogen-bond acceptors (Lipinski definition) is 9. The molecule has 1 aromatic carbocycles. The van der Waals surface area contributed by atoms with Crippen LogP contribution in [0.1, 0.15) is 23.5 Å². The van der Waals surface area contributed by atoms with Crippen molar-refractivity contribution in [3.63, 3.8) is 0 Å². The number of aromatic nitrogens is 6. The first-order chi connectivity index (χ1) is 20.0. The van der Waals surface area contributed by atoms with Crippen molar-refractivity contribution in [2.75, 3.05) is 32.0 Å². The molecule has 1 fully saturated rings. The lowest BCUT2D eigenvalue weighted by molar-refractivity contribution is 0.0342. The van der Waals surface area contributed by atoms with Crippen LogP contribution in [0.2, 0.25) is 0 Å². The number of anilines is 1. The number of nitrogens with two attached hydrogens (primary N) is 1. The molecule has 208 valence electrons. The number of fused-ring (bicyclic) bond motifs is 2. The second kappa shape index (κ2) is 10.5. The Hall–Kier alpha value is -3.89. The molecule has 2 unspecified atom stereocenters. The molecule has 10 nitrogen and oxygen atoms in total. The van der Waals surface area contributed by atoms with Crippen molar-refractivity contribution in [1.82, 2.24) is 34.0 Å². The zero-order chi connectivity index (χ0) is 28.1. The monoisotopic (exact) mass is 584 g/mol. The molecule has 0 spiro atoms. The highest BCUT2D eigenvalue weighted by atomic mass is 32.1. The summed E-state index contributed by atoms with van der Waals surface area (Å²) in [4.78, 5) is 16.3. The third kappa shape index (κ3) is 4.74. The Bertz CT molecular complexity index is 1870. The molecule has 1 aliphatic heterocycles. The lowest BCUT2D eigenvalue weighted by atomic mass is 10.1. The number of nitrogen functional groups attached to an aromatic ring is 1. The van der Waals surface area contributed by atoms with Gasteiger partial charge < -0.3 is 20.0 Å². The normalized spacial score (nSPS) is 15.2. The SMILES string of the molecule is CC(c1cc2ccccn2c1-c1csc(CN2CCOCC2)n1)n1nc(-c2cc(O)cc(P)c2)c2c(N)ncnc21. The maximum absolute atomic E-state index is 10.3. The van der Waals surface area contributed by atoms with Gasteiger partial charge in [-0.2, -0.15) is 5.10 Å². The van der Waals surface area contributed by atoms with Crippen molar-refractivity contribution < 1.29 is 9.84 Å². The lowest BCUT2D eigenvalue weighted by Gasteiger charge is -2.25. The van der Waals surface area contributed by atoms with Crippen LogP contribution in [-0.2, 0) is 11.3 Å². The fourth-order valence-electron chi connectivity index (χ4n) is 5.55. The quantitative estimate of drug-likeness (QED) is 0.281. The molecule has 5 aromatic heterocycles. The van der Waals surface area contributed by atoms with Gasteiger partial charge in [0.1, 0.15) is 28.6 Å². The first kappa shape index (κ1) is 26.0. The summed E-state index contributed by atoms with van der Waals surface area (Å²) >= 11 is 1.68. The van der Waals surface area contributed by atoms with E-state index in [1.165, 1.54) is 6.33 Å². The van der Waals surface area contributed by atoms with E-state index in [1.807, 2.05) is 22.9 Å². The number of aromatic hydroxyl groups is 1. The number of thiazole rings is 1. The molecule has 6 aromatic rings. The van der Waals surface area contributed by atoms with Crippen LogP contribution in [0.5, 0.6) is 5.75 Å².